The Morgan fingerprint density at radius 2 is 2.00 bits per heavy atom. The average Bonchev–Trinajstić information content (AvgIpc) is 3.05. The van der Waals surface area contributed by atoms with E-state index in [1.165, 1.54) is 0 Å². The van der Waals surface area contributed by atoms with Crippen LogP contribution in [0.1, 0.15) is 40.6 Å². The van der Waals surface area contributed by atoms with Crippen LogP contribution in [-0.4, -0.2) is 31.2 Å². The zero-order valence-corrected chi connectivity index (χ0v) is 15.8. The van der Waals surface area contributed by atoms with E-state index >= 15 is 0 Å². The first-order valence-corrected chi connectivity index (χ1v) is 9.35. The molecule has 6 nitrogen and oxygen atoms in total. The van der Waals surface area contributed by atoms with Crippen molar-refractivity contribution >= 4 is 29.4 Å². The molecule has 1 aromatic carbocycles. The van der Waals surface area contributed by atoms with Crippen LogP contribution in [0.5, 0.6) is 5.75 Å². The van der Waals surface area contributed by atoms with Gasteiger partial charge in [-0.25, -0.2) is 5.43 Å². The lowest BCUT2D eigenvalue weighted by atomic mass is 10.2. The van der Waals surface area contributed by atoms with Crippen molar-refractivity contribution in [2.75, 3.05) is 13.2 Å². The summed E-state index contributed by atoms with van der Waals surface area (Å²) >= 11 is 1.54. The van der Waals surface area contributed by atoms with E-state index in [0.29, 0.717) is 12.2 Å². The minimum Gasteiger partial charge on any atom is -0.494 e. The number of nitrogens with zero attached hydrogens (tertiary/aromatic N) is 1. The van der Waals surface area contributed by atoms with Crippen LogP contribution < -0.4 is 15.5 Å². The molecular formula is C19H23N3O3S. The summed E-state index contributed by atoms with van der Waals surface area (Å²) in [6.45, 7) is 4.59. The molecule has 2 amide bonds. The predicted molar refractivity (Wildman–Crippen MR) is 104 cm³/mol. The van der Waals surface area contributed by atoms with Gasteiger partial charge in [0.2, 0.25) is 0 Å². The number of nitrogens with one attached hydrogen (secondary N) is 2. The van der Waals surface area contributed by atoms with E-state index in [9.17, 15) is 9.59 Å². The second kappa shape index (κ2) is 10.4. The Bertz CT molecular complexity index is 754. The van der Waals surface area contributed by atoms with E-state index in [-0.39, 0.29) is 18.4 Å². The van der Waals surface area contributed by atoms with Crippen LogP contribution in [0.25, 0.3) is 0 Å². The first-order valence-electron chi connectivity index (χ1n) is 8.47. The third kappa shape index (κ3) is 6.33. The lowest BCUT2D eigenvalue weighted by Gasteiger charge is -2.07. The van der Waals surface area contributed by atoms with Gasteiger partial charge in [0, 0.05) is 10.4 Å². The predicted octanol–water partition coefficient (Wildman–Crippen LogP) is 3.12. The molecule has 0 aliphatic rings. The molecule has 138 valence electrons. The number of hydrogen-bond acceptors (Lipinski definition) is 5. The van der Waals surface area contributed by atoms with Gasteiger partial charge in [-0.05, 0) is 54.6 Å². The van der Waals surface area contributed by atoms with Crippen LogP contribution in [0.15, 0.2) is 40.8 Å². The van der Waals surface area contributed by atoms with E-state index in [0.717, 1.165) is 29.0 Å². The number of unbranched alkanes of at least 4 members (excludes halogenated alkanes) is 1. The lowest BCUT2D eigenvalue weighted by Crippen LogP contribution is -2.34. The first kappa shape index (κ1) is 19.7. The van der Waals surface area contributed by atoms with Crippen LogP contribution in [0, 0.1) is 6.92 Å². The van der Waals surface area contributed by atoms with Crippen LogP contribution in [0.4, 0.5) is 0 Å². The van der Waals surface area contributed by atoms with Crippen molar-refractivity contribution in [3.05, 3.63) is 51.7 Å². The lowest BCUT2D eigenvalue weighted by molar-refractivity contribution is -0.120. The van der Waals surface area contributed by atoms with Crippen molar-refractivity contribution < 1.29 is 14.3 Å². The average molecular weight is 373 g/mol. The van der Waals surface area contributed by atoms with Crippen LogP contribution >= 0.6 is 11.3 Å². The Balaban J connectivity index is 1.74. The molecule has 1 heterocycles. The van der Waals surface area contributed by atoms with Crippen molar-refractivity contribution in [3.8, 4) is 5.75 Å². The minimum absolute atomic E-state index is 0.144. The molecule has 0 bridgehead atoms. The van der Waals surface area contributed by atoms with E-state index in [1.54, 1.807) is 41.8 Å². The topological polar surface area (TPSA) is 79.8 Å². The van der Waals surface area contributed by atoms with Gasteiger partial charge in [-0.1, -0.05) is 13.3 Å². The Hall–Kier alpha value is -2.67. The second-order valence-electron chi connectivity index (χ2n) is 5.67. The number of ether oxygens (including phenoxy) is 1. The number of hydrazone groups is 1. The molecule has 0 atom stereocenters. The highest BCUT2D eigenvalue weighted by Crippen LogP contribution is 2.13. The number of rotatable bonds is 9. The van der Waals surface area contributed by atoms with E-state index in [4.69, 9.17) is 4.74 Å². The first-order chi connectivity index (χ1) is 12.6. The van der Waals surface area contributed by atoms with Gasteiger partial charge in [-0.3, -0.25) is 9.59 Å². The van der Waals surface area contributed by atoms with Crippen molar-refractivity contribution in [2.24, 2.45) is 5.10 Å². The Kier molecular flexibility index (Phi) is 7.82. The summed E-state index contributed by atoms with van der Waals surface area (Å²) in [4.78, 5) is 24.8. The Morgan fingerprint density at radius 3 is 2.65 bits per heavy atom. The molecule has 2 aromatic rings. The molecule has 0 fully saturated rings. The summed E-state index contributed by atoms with van der Waals surface area (Å²) in [6.07, 6.45) is 3.66. The number of carbonyl (C=O) groups is 2. The number of aryl methyl sites for hydroxylation is 1. The van der Waals surface area contributed by atoms with Crippen molar-refractivity contribution in [2.45, 2.75) is 26.7 Å². The zero-order chi connectivity index (χ0) is 18.8. The fourth-order valence-corrected chi connectivity index (χ4v) is 2.80. The molecule has 0 aliphatic carbocycles. The molecule has 0 aliphatic heterocycles. The van der Waals surface area contributed by atoms with Crippen molar-refractivity contribution in [1.29, 1.82) is 0 Å². The molecule has 2 rings (SSSR count). The van der Waals surface area contributed by atoms with Crippen LogP contribution in [0.3, 0.4) is 0 Å². The van der Waals surface area contributed by atoms with Gasteiger partial charge >= 0.3 is 0 Å². The third-order valence-corrected chi connectivity index (χ3v) is 4.52. The number of carbonyl (C=O) groups excluding carboxylic acids is 2. The van der Waals surface area contributed by atoms with E-state index < -0.39 is 0 Å². The third-order valence-electron chi connectivity index (χ3n) is 3.57. The second-order valence-corrected chi connectivity index (χ2v) is 6.62. The van der Waals surface area contributed by atoms with Crippen LogP contribution in [-0.2, 0) is 4.79 Å². The maximum Gasteiger partial charge on any atom is 0.259 e. The largest absolute Gasteiger partial charge is 0.494 e. The van der Waals surface area contributed by atoms with E-state index in [1.807, 2.05) is 18.4 Å². The van der Waals surface area contributed by atoms with Gasteiger partial charge in [0.25, 0.3) is 11.8 Å². The van der Waals surface area contributed by atoms with E-state index in [2.05, 4.69) is 22.8 Å². The standard InChI is InChI=1S/C19H23N3O3S/c1-3-4-10-25-16-7-5-15(6-8-16)19(24)20-13-18(23)22-21-12-17-14(2)9-11-26-17/h5-9,11-12H,3-4,10,13H2,1-2H3,(H,20,24)(H,22,23). The maximum absolute atomic E-state index is 12.1. The Morgan fingerprint density at radius 1 is 1.23 bits per heavy atom. The summed E-state index contributed by atoms with van der Waals surface area (Å²) in [7, 11) is 0. The molecule has 0 saturated carbocycles. The van der Waals surface area contributed by atoms with Crippen LogP contribution in [0.2, 0.25) is 0 Å². The molecule has 0 spiro atoms. The summed E-state index contributed by atoms with van der Waals surface area (Å²) in [5.41, 5.74) is 3.97. The normalized spacial score (nSPS) is 10.7. The smallest absolute Gasteiger partial charge is 0.259 e. The number of benzene rings is 1. The molecule has 26 heavy (non-hydrogen) atoms. The van der Waals surface area contributed by atoms with Crippen molar-refractivity contribution in [1.82, 2.24) is 10.7 Å². The highest BCUT2D eigenvalue weighted by Gasteiger charge is 2.08. The number of amides is 2. The summed E-state index contributed by atoms with van der Waals surface area (Å²) in [5.74, 6) is 0.0209. The SMILES string of the molecule is CCCCOc1ccc(C(=O)NCC(=O)NN=Cc2sccc2C)cc1. The van der Waals surface area contributed by atoms with Gasteiger partial charge in [0.15, 0.2) is 0 Å². The van der Waals surface area contributed by atoms with Gasteiger partial charge < -0.3 is 10.1 Å². The zero-order valence-electron chi connectivity index (χ0n) is 15.0. The molecule has 0 radical (unpaired) electrons. The molecular weight excluding hydrogens is 350 g/mol. The molecule has 1 aromatic heterocycles. The maximum atomic E-state index is 12.1. The van der Waals surface area contributed by atoms with Gasteiger partial charge in [0.1, 0.15) is 5.75 Å². The highest BCUT2D eigenvalue weighted by atomic mass is 32.1. The molecule has 0 unspecified atom stereocenters. The molecule has 2 N–H and O–H groups in total. The van der Waals surface area contributed by atoms with Gasteiger partial charge in [0.05, 0.1) is 19.4 Å². The van der Waals surface area contributed by atoms with Gasteiger partial charge in [-0.15, -0.1) is 11.3 Å². The number of hydrogen-bond donors (Lipinski definition) is 2. The minimum atomic E-state index is -0.386. The molecule has 0 saturated heterocycles. The quantitative estimate of drug-likeness (QED) is 0.403. The Labute approximate surface area is 157 Å². The monoisotopic (exact) mass is 373 g/mol. The summed E-state index contributed by atoms with van der Waals surface area (Å²) in [6, 6.07) is 8.82. The molecule has 7 heteroatoms. The van der Waals surface area contributed by atoms with Crippen molar-refractivity contribution in [3.63, 3.8) is 0 Å². The fraction of sp³-hybridized carbons (Fsp3) is 0.316. The summed E-state index contributed by atoms with van der Waals surface area (Å²) < 4.78 is 5.55. The number of thiophene rings is 1. The highest BCUT2D eigenvalue weighted by molar-refractivity contribution is 7.11. The summed E-state index contributed by atoms with van der Waals surface area (Å²) in [5, 5.41) is 8.41. The van der Waals surface area contributed by atoms with Gasteiger partial charge in [-0.2, -0.15) is 5.10 Å². The fourth-order valence-electron chi connectivity index (χ4n) is 2.02.